The third kappa shape index (κ3) is 2.27. The number of hydrogen-bond donors (Lipinski definition) is 0. The van der Waals surface area contributed by atoms with Crippen LogP contribution in [-0.2, 0) is 22.4 Å². The lowest BCUT2D eigenvalue weighted by Crippen LogP contribution is -2.17. The summed E-state index contributed by atoms with van der Waals surface area (Å²) in [7, 11) is 0. The van der Waals surface area contributed by atoms with Gasteiger partial charge in [-0.3, -0.25) is 9.59 Å². The summed E-state index contributed by atoms with van der Waals surface area (Å²) in [6.07, 6.45) is 1.84. The number of rotatable bonds is 3. The van der Waals surface area contributed by atoms with Crippen LogP contribution in [-0.4, -0.2) is 16.8 Å². The van der Waals surface area contributed by atoms with Gasteiger partial charge in [-0.25, -0.2) is 0 Å². The molecule has 0 bridgehead atoms. The van der Waals surface area contributed by atoms with Crippen molar-refractivity contribution < 1.29 is 14.3 Å². The topological polar surface area (TPSA) is 48.3 Å². The van der Waals surface area contributed by atoms with Gasteiger partial charge >= 0.3 is 5.97 Å². The SMILES string of the molecule is [CH2]C(OC(C)=O)n1c(C=O)cc2c1-c1ccccc1CC2. The molecule has 0 N–H and O–H groups in total. The van der Waals surface area contributed by atoms with Gasteiger partial charge in [-0.05, 0) is 30.0 Å². The molecule has 0 spiro atoms. The number of carbonyl (C=O) groups excluding carboxylic acids is 2. The van der Waals surface area contributed by atoms with Crippen LogP contribution >= 0.6 is 0 Å². The predicted molar refractivity (Wildman–Crippen MR) is 78.8 cm³/mol. The van der Waals surface area contributed by atoms with E-state index in [0.29, 0.717) is 5.69 Å². The van der Waals surface area contributed by atoms with E-state index in [-0.39, 0.29) is 0 Å². The maximum Gasteiger partial charge on any atom is 0.304 e. The fourth-order valence-electron chi connectivity index (χ4n) is 2.98. The zero-order valence-electron chi connectivity index (χ0n) is 11.8. The van der Waals surface area contributed by atoms with Gasteiger partial charge in [-0.2, -0.15) is 0 Å². The van der Waals surface area contributed by atoms with E-state index in [2.05, 4.69) is 13.0 Å². The first-order valence-corrected chi connectivity index (χ1v) is 6.89. The number of aldehydes is 1. The molecule has 1 atom stereocenters. The van der Waals surface area contributed by atoms with Crippen molar-refractivity contribution in [1.82, 2.24) is 4.57 Å². The number of hydrogen-bond acceptors (Lipinski definition) is 3. The molecule has 107 valence electrons. The Labute approximate surface area is 123 Å². The van der Waals surface area contributed by atoms with Crippen LogP contribution in [0.3, 0.4) is 0 Å². The van der Waals surface area contributed by atoms with E-state index in [1.807, 2.05) is 24.3 Å². The Morgan fingerprint density at radius 3 is 2.76 bits per heavy atom. The van der Waals surface area contributed by atoms with Crippen molar-refractivity contribution in [2.75, 3.05) is 0 Å². The molecular weight excluding hydrogens is 266 g/mol. The minimum absolute atomic E-state index is 0.418. The van der Waals surface area contributed by atoms with Crippen molar-refractivity contribution in [3.8, 4) is 11.3 Å². The molecule has 1 aromatic heterocycles. The third-order valence-corrected chi connectivity index (χ3v) is 3.79. The van der Waals surface area contributed by atoms with Crippen molar-refractivity contribution in [3.63, 3.8) is 0 Å². The first-order chi connectivity index (χ1) is 10.1. The van der Waals surface area contributed by atoms with Gasteiger partial charge in [0.15, 0.2) is 12.5 Å². The van der Waals surface area contributed by atoms with Gasteiger partial charge in [0.2, 0.25) is 0 Å². The number of ether oxygens (including phenoxy) is 1. The standard InChI is InChI=1S/C17H16NO3/c1-11(21-12(2)20)18-15(10-19)9-14-8-7-13-5-3-4-6-16(13)17(14)18/h3-6,9-11H,1,7-8H2,2H3. The summed E-state index contributed by atoms with van der Waals surface area (Å²) in [6.45, 7) is 5.21. The van der Waals surface area contributed by atoms with Crippen LogP contribution < -0.4 is 0 Å². The number of carbonyl (C=O) groups is 2. The van der Waals surface area contributed by atoms with E-state index in [0.717, 1.165) is 35.9 Å². The summed E-state index contributed by atoms with van der Waals surface area (Å²) >= 11 is 0. The van der Waals surface area contributed by atoms with Gasteiger partial charge < -0.3 is 9.30 Å². The minimum atomic E-state index is -0.752. The highest BCUT2D eigenvalue weighted by atomic mass is 16.6. The Hall–Kier alpha value is -2.36. The fourth-order valence-corrected chi connectivity index (χ4v) is 2.98. The molecule has 2 aromatic rings. The molecular formula is C17H16NO3. The van der Waals surface area contributed by atoms with Crippen LogP contribution in [0, 0.1) is 6.92 Å². The van der Waals surface area contributed by atoms with Crippen LogP contribution in [0.5, 0.6) is 0 Å². The average molecular weight is 282 g/mol. The second-order valence-electron chi connectivity index (χ2n) is 5.15. The lowest BCUT2D eigenvalue weighted by atomic mass is 9.90. The molecule has 4 heteroatoms. The van der Waals surface area contributed by atoms with Crippen LogP contribution in [0.2, 0.25) is 0 Å². The summed E-state index contributed by atoms with van der Waals surface area (Å²) in [4.78, 5) is 22.6. The zero-order chi connectivity index (χ0) is 15.0. The normalized spacial score (nSPS) is 14.0. The lowest BCUT2D eigenvalue weighted by Gasteiger charge is -2.23. The van der Waals surface area contributed by atoms with Gasteiger partial charge in [0.1, 0.15) is 0 Å². The van der Waals surface area contributed by atoms with Crippen LogP contribution in [0.1, 0.15) is 34.8 Å². The Kier molecular flexibility index (Phi) is 3.37. The molecule has 21 heavy (non-hydrogen) atoms. The van der Waals surface area contributed by atoms with Gasteiger partial charge in [0, 0.05) is 19.4 Å². The molecule has 3 rings (SSSR count). The van der Waals surface area contributed by atoms with Crippen LogP contribution in [0.15, 0.2) is 30.3 Å². The van der Waals surface area contributed by atoms with E-state index in [4.69, 9.17) is 4.74 Å². The number of fused-ring (bicyclic) bond motifs is 3. The van der Waals surface area contributed by atoms with Crippen molar-refractivity contribution in [1.29, 1.82) is 0 Å². The zero-order valence-corrected chi connectivity index (χ0v) is 11.8. The summed E-state index contributed by atoms with van der Waals surface area (Å²) in [5.41, 5.74) is 4.82. The van der Waals surface area contributed by atoms with E-state index in [1.165, 1.54) is 12.5 Å². The minimum Gasteiger partial charge on any atom is -0.441 e. The number of aromatic nitrogens is 1. The molecule has 1 heterocycles. The number of benzene rings is 1. The van der Waals surface area contributed by atoms with Crippen LogP contribution in [0.4, 0.5) is 0 Å². The van der Waals surface area contributed by atoms with E-state index >= 15 is 0 Å². The fraction of sp³-hybridized carbons (Fsp3) is 0.235. The highest BCUT2D eigenvalue weighted by molar-refractivity contribution is 5.80. The molecule has 1 aliphatic rings. The molecule has 4 nitrogen and oxygen atoms in total. The summed E-state index contributed by atoms with van der Waals surface area (Å²) in [6, 6.07) is 9.94. The lowest BCUT2D eigenvalue weighted by molar-refractivity contribution is -0.147. The Balaban J connectivity index is 2.19. The molecule has 0 saturated heterocycles. The maximum atomic E-state index is 11.4. The van der Waals surface area contributed by atoms with Gasteiger partial charge in [-0.15, -0.1) is 0 Å². The van der Waals surface area contributed by atoms with E-state index in [9.17, 15) is 9.59 Å². The Bertz CT molecular complexity index is 715. The number of nitrogens with zero attached hydrogens (tertiary/aromatic N) is 1. The highest BCUT2D eigenvalue weighted by Crippen LogP contribution is 2.37. The molecule has 1 aliphatic carbocycles. The molecule has 1 aromatic carbocycles. The quantitative estimate of drug-likeness (QED) is 0.642. The Morgan fingerprint density at radius 1 is 1.33 bits per heavy atom. The third-order valence-electron chi connectivity index (χ3n) is 3.79. The number of esters is 1. The Morgan fingerprint density at radius 2 is 2.05 bits per heavy atom. The molecule has 0 fully saturated rings. The predicted octanol–water partition coefficient (Wildman–Crippen LogP) is 2.96. The highest BCUT2D eigenvalue weighted by Gasteiger charge is 2.25. The van der Waals surface area contributed by atoms with E-state index in [1.54, 1.807) is 4.57 Å². The summed E-state index contributed by atoms with van der Waals surface area (Å²) in [5, 5.41) is 0. The van der Waals surface area contributed by atoms with Gasteiger partial charge in [-0.1, -0.05) is 24.3 Å². The molecule has 0 saturated carbocycles. The average Bonchev–Trinajstić information content (AvgIpc) is 2.85. The monoisotopic (exact) mass is 282 g/mol. The van der Waals surface area contributed by atoms with Crippen molar-refractivity contribution in [3.05, 3.63) is 54.1 Å². The number of aryl methyl sites for hydroxylation is 2. The van der Waals surface area contributed by atoms with Crippen molar-refractivity contribution in [2.45, 2.75) is 26.0 Å². The first kappa shape index (κ1) is 13.6. The van der Waals surface area contributed by atoms with Crippen molar-refractivity contribution >= 4 is 12.3 Å². The van der Waals surface area contributed by atoms with Crippen molar-refractivity contribution in [2.24, 2.45) is 0 Å². The molecule has 1 radical (unpaired) electrons. The van der Waals surface area contributed by atoms with E-state index < -0.39 is 12.2 Å². The maximum absolute atomic E-state index is 11.4. The largest absolute Gasteiger partial charge is 0.441 e. The first-order valence-electron chi connectivity index (χ1n) is 6.89. The van der Waals surface area contributed by atoms with Gasteiger partial charge in [0.25, 0.3) is 0 Å². The second-order valence-corrected chi connectivity index (χ2v) is 5.15. The summed E-state index contributed by atoms with van der Waals surface area (Å²) < 4.78 is 6.88. The summed E-state index contributed by atoms with van der Waals surface area (Å²) in [5.74, 6) is -0.418. The van der Waals surface area contributed by atoms with Gasteiger partial charge in [0.05, 0.1) is 11.4 Å². The smallest absolute Gasteiger partial charge is 0.304 e. The molecule has 0 aliphatic heterocycles. The van der Waals surface area contributed by atoms with Crippen LogP contribution in [0.25, 0.3) is 11.3 Å². The second kappa shape index (κ2) is 5.20. The molecule has 1 unspecified atom stereocenters. The molecule has 0 amide bonds.